The van der Waals surface area contributed by atoms with Gasteiger partial charge < -0.3 is 10.2 Å². The molecule has 1 aromatic rings. The minimum Gasteiger partial charge on any atom is -0.316 e. The zero-order valence-electron chi connectivity index (χ0n) is 11.7. The number of amides is 1. The molecule has 2 rings (SSSR count). The number of carbonyl (C=O) groups is 1. The van der Waals surface area contributed by atoms with Crippen molar-refractivity contribution in [1.82, 2.24) is 5.32 Å². The van der Waals surface area contributed by atoms with E-state index in [1.165, 1.54) is 5.56 Å². The second-order valence-corrected chi connectivity index (χ2v) is 5.39. The molecule has 0 spiro atoms. The van der Waals surface area contributed by atoms with Crippen molar-refractivity contribution in [1.29, 1.82) is 0 Å². The van der Waals surface area contributed by atoms with E-state index in [-0.39, 0.29) is 11.8 Å². The van der Waals surface area contributed by atoms with Crippen molar-refractivity contribution >= 4 is 11.6 Å². The number of anilines is 1. The first-order valence-electron chi connectivity index (χ1n) is 6.56. The van der Waals surface area contributed by atoms with E-state index in [4.69, 9.17) is 0 Å². The standard InChI is InChI=1S/C15H22N2O/c1-10-5-6-14(11(2)7-10)17(4)15(18)12(3)13-8-16-9-13/h5-7,12-13,16H,8-9H2,1-4H3. The highest BCUT2D eigenvalue weighted by Gasteiger charge is 2.31. The number of nitrogens with zero attached hydrogens (tertiary/aromatic N) is 1. The van der Waals surface area contributed by atoms with Crippen LogP contribution in [0.15, 0.2) is 18.2 Å². The van der Waals surface area contributed by atoms with Gasteiger partial charge >= 0.3 is 0 Å². The second kappa shape index (κ2) is 5.11. The van der Waals surface area contributed by atoms with Gasteiger partial charge in [0, 0.05) is 18.7 Å². The molecule has 1 aromatic carbocycles. The van der Waals surface area contributed by atoms with E-state index < -0.39 is 0 Å². The third-order valence-corrected chi connectivity index (χ3v) is 3.95. The van der Waals surface area contributed by atoms with Crippen molar-refractivity contribution in [3.8, 4) is 0 Å². The van der Waals surface area contributed by atoms with Crippen molar-refractivity contribution in [3.63, 3.8) is 0 Å². The van der Waals surface area contributed by atoms with E-state index in [0.29, 0.717) is 5.92 Å². The van der Waals surface area contributed by atoms with Crippen LogP contribution in [0.1, 0.15) is 18.1 Å². The summed E-state index contributed by atoms with van der Waals surface area (Å²) in [6.45, 7) is 8.10. The first kappa shape index (κ1) is 13.1. The van der Waals surface area contributed by atoms with Gasteiger partial charge in [0.1, 0.15) is 0 Å². The Morgan fingerprint density at radius 2 is 2.06 bits per heavy atom. The lowest BCUT2D eigenvalue weighted by atomic mass is 9.88. The van der Waals surface area contributed by atoms with Crippen molar-refractivity contribution in [2.45, 2.75) is 20.8 Å². The number of aryl methyl sites for hydroxylation is 2. The summed E-state index contributed by atoms with van der Waals surface area (Å²) >= 11 is 0. The van der Waals surface area contributed by atoms with Crippen molar-refractivity contribution < 1.29 is 4.79 Å². The lowest BCUT2D eigenvalue weighted by Crippen LogP contribution is -2.50. The predicted octanol–water partition coefficient (Wildman–Crippen LogP) is 2.12. The summed E-state index contributed by atoms with van der Waals surface area (Å²) < 4.78 is 0. The van der Waals surface area contributed by atoms with Gasteiger partial charge in [-0.15, -0.1) is 0 Å². The molecule has 0 radical (unpaired) electrons. The van der Waals surface area contributed by atoms with E-state index in [0.717, 1.165) is 24.3 Å². The number of carbonyl (C=O) groups excluding carboxylic acids is 1. The minimum atomic E-state index is 0.0944. The van der Waals surface area contributed by atoms with Crippen LogP contribution in [0.25, 0.3) is 0 Å². The van der Waals surface area contributed by atoms with E-state index in [1.807, 2.05) is 20.0 Å². The fourth-order valence-corrected chi connectivity index (χ4v) is 2.47. The Bertz CT molecular complexity index is 452. The van der Waals surface area contributed by atoms with Gasteiger partial charge in [0.05, 0.1) is 0 Å². The molecule has 0 bridgehead atoms. The van der Waals surface area contributed by atoms with Crippen LogP contribution < -0.4 is 10.2 Å². The summed E-state index contributed by atoms with van der Waals surface area (Å²) in [7, 11) is 1.88. The first-order chi connectivity index (χ1) is 8.50. The normalized spacial score (nSPS) is 17.1. The molecule has 1 heterocycles. The van der Waals surface area contributed by atoms with Gasteiger partial charge in [-0.1, -0.05) is 24.6 Å². The van der Waals surface area contributed by atoms with Crippen LogP contribution in [0.5, 0.6) is 0 Å². The Morgan fingerprint density at radius 3 is 2.56 bits per heavy atom. The molecule has 0 aromatic heterocycles. The average molecular weight is 246 g/mol. The molecule has 18 heavy (non-hydrogen) atoms. The molecule has 3 heteroatoms. The van der Waals surface area contributed by atoms with Crippen LogP contribution in [0.4, 0.5) is 5.69 Å². The summed E-state index contributed by atoms with van der Waals surface area (Å²) in [4.78, 5) is 14.2. The molecule has 98 valence electrons. The van der Waals surface area contributed by atoms with Crippen LogP contribution in [-0.4, -0.2) is 26.0 Å². The van der Waals surface area contributed by atoms with Gasteiger partial charge in [0.25, 0.3) is 0 Å². The van der Waals surface area contributed by atoms with Crippen LogP contribution in [0.2, 0.25) is 0 Å². The van der Waals surface area contributed by atoms with E-state index in [1.54, 1.807) is 4.90 Å². The van der Waals surface area contributed by atoms with Crippen LogP contribution >= 0.6 is 0 Å². The monoisotopic (exact) mass is 246 g/mol. The Kier molecular flexibility index (Phi) is 3.71. The fourth-order valence-electron chi connectivity index (χ4n) is 2.47. The summed E-state index contributed by atoms with van der Waals surface area (Å²) in [6, 6.07) is 6.21. The molecule has 1 fully saturated rings. The van der Waals surface area contributed by atoms with E-state index >= 15 is 0 Å². The predicted molar refractivity (Wildman–Crippen MR) is 74.8 cm³/mol. The van der Waals surface area contributed by atoms with Gasteiger partial charge in [-0.25, -0.2) is 0 Å². The quantitative estimate of drug-likeness (QED) is 0.886. The lowest BCUT2D eigenvalue weighted by Gasteiger charge is -2.34. The third-order valence-electron chi connectivity index (χ3n) is 3.95. The molecule has 1 saturated heterocycles. The molecule has 1 aliphatic rings. The highest BCUT2D eigenvalue weighted by atomic mass is 16.2. The molecule has 1 aliphatic heterocycles. The topological polar surface area (TPSA) is 32.3 Å². The number of rotatable bonds is 3. The third kappa shape index (κ3) is 2.41. The molecule has 1 unspecified atom stereocenters. The highest BCUT2D eigenvalue weighted by molar-refractivity contribution is 5.95. The Morgan fingerprint density at radius 1 is 1.39 bits per heavy atom. The number of hydrogen-bond acceptors (Lipinski definition) is 2. The average Bonchev–Trinajstić information content (AvgIpc) is 2.24. The maximum Gasteiger partial charge on any atom is 0.229 e. The molecule has 0 aliphatic carbocycles. The van der Waals surface area contributed by atoms with Gasteiger partial charge in [-0.05, 0) is 44.5 Å². The lowest BCUT2D eigenvalue weighted by molar-refractivity contribution is -0.123. The van der Waals surface area contributed by atoms with Crippen molar-refractivity contribution in [2.75, 3.05) is 25.0 Å². The molecular weight excluding hydrogens is 224 g/mol. The minimum absolute atomic E-state index is 0.0944. The fraction of sp³-hybridized carbons (Fsp3) is 0.533. The van der Waals surface area contributed by atoms with Gasteiger partial charge in [0.15, 0.2) is 0 Å². The SMILES string of the molecule is Cc1ccc(N(C)C(=O)C(C)C2CNC2)c(C)c1. The van der Waals surface area contributed by atoms with Crippen LogP contribution in [0.3, 0.4) is 0 Å². The largest absolute Gasteiger partial charge is 0.316 e. The van der Waals surface area contributed by atoms with Gasteiger partial charge in [-0.3, -0.25) is 4.79 Å². The Labute approximate surface area is 109 Å². The molecule has 0 saturated carbocycles. The molecule has 1 atom stereocenters. The molecule has 1 amide bonds. The summed E-state index contributed by atoms with van der Waals surface area (Å²) in [5.41, 5.74) is 3.41. The summed E-state index contributed by atoms with van der Waals surface area (Å²) in [6.07, 6.45) is 0. The van der Waals surface area contributed by atoms with Crippen LogP contribution in [0, 0.1) is 25.7 Å². The Hall–Kier alpha value is -1.35. The smallest absolute Gasteiger partial charge is 0.229 e. The zero-order valence-corrected chi connectivity index (χ0v) is 11.7. The molecular formula is C15H22N2O. The van der Waals surface area contributed by atoms with Crippen molar-refractivity contribution in [2.24, 2.45) is 11.8 Å². The van der Waals surface area contributed by atoms with Gasteiger partial charge in [-0.2, -0.15) is 0 Å². The zero-order chi connectivity index (χ0) is 13.3. The van der Waals surface area contributed by atoms with E-state index in [9.17, 15) is 4.79 Å². The van der Waals surface area contributed by atoms with Crippen molar-refractivity contribution in [3.05, 3.63) is 29.3 Å². The second-order valence-electron chi connectivity index (χ2n) is 5.39. The Balaban J connectivity index is 2.14. The highest BCUT2D eigenvalue weighted by Crippen LogP contribution is 2.24. The number of nitrogens with one attached hydrogen (secondary N) is 1. The molecule has 3 nitrogen and oxygen atoms in total. The first-order valence-corrected chi connectivity index (χ1v) is 6.56. The summed E-state index contributed by atoms with van der Waals surface area (Å²) in [5, 5.41) is 3.22. The van der Waals surface area contributed by atoms with Gasteiger partial charge in [0.2, 0.25) is 5.91 Å². The maximum atomic E-state index is 12.4. The molecule has 1 N–H and O–H groups in total. The van der Waals surface area contributed by atoms with E-state index in [2.05, 4.69) is 31.3 Å². The number of hydrogen-bond donors (Lipinski definition) is 1. The number of benzene rings is 1. The maximum absolute atomic E-state index is 12.4. The summed E-state index contributed by atoms with van der Waals surface area (Å²) in [5.74, 6) is 0.802. The van der Waals surface area contributed by atoms with Crippen LogP contribution in [-0.2, 0) is 4.79 Å².